The van der Waals surface area contributed by atoms with Gasteiger partial charge in [0.1, 0.15) is 0 Å². The molecule has 0 heterocycles. The second-order valence-electron chi connectivity index (χ2n) is 4.66. The van der Waals surface area contributed by atoms with Crippen molar-refractivity contribution in [1.82, 2.24) is 10.6 Å². The molecule has 0 aliphatic heterocycles. The second kappa shape index (κ2) is 6.54. The summed E-state index contributed by atoms with van der Waals surface area (Å²) in [7, 11) is 0. The molecule has 0 aliphatic rings. The Morgan fingerprint density at radius 3 is 2.58 bits per heavy atom. The molecule has 0 fully saturated rings. The molecule has 6 heteroatoms. The Morgan fingerprint density at radius 2 is 2.00 bits per heavy atom. The summed E-state index contributed by atoms with van der Waals surface area (Å²) < 4.78 is 0. The van der Waals surface area contributed by atoms with Gasteiger partial charge in [-0.05, 0) is 31.5 Å². The van der Waals surface area contributed by atoms with Crippen molar-refractivity contribution in [1.29, 1.82) is 0 Å². The third kappa shape index (κ3) is 4.89. The fourth-order valence-electron chi connectivity index (χ4n) is 1.59. The Morgan fingerprint density at radius 1 is 1.32 bits per heavy atom. The topological polar surface area (TPSA) is 84.2 Å². The van der Waals surface area contributed by atoms with Crippen LogP contribution in [0.4, 0.5) is 0 Å². The molecule has 0 unspecified atom stereocenters. The van der Waals surface area contributed by atoms with Crippen LogP contribution < -0.4 is 16.4 Å². The predicted molar refractivity (Wildman–Crippen MR) is 74.7 cm³/mol. The number of nitrogens with two attached hydrogens (primary N) is 1. The highest BCUT2D eigenvalue weighted by Crippen LogP contribution is 2.22. The third-order valence-electron chi connectivity index (χ3n) is 2.63. The fraction of sp³-hybridized carbons (Fsp3) is 0.385. The van der Waals surface area contributed by atoms with E-state index < -0.39 is 5.54 Å². The zero-order valence-corrected chi connectivity index (χ0v) is 11.8. The summed E-state index contributed by atoms with van der Waals surface area (Å²) in [5.74, 6) is -0.650. The lowest BCUT2D eigenvalue weighted by Gasteiger charge is -2.27. The van der Waals surface area contributed by atoms with Crippen molar-refractivity contribution < 1.29 is 9.59 Å². The number of hydrogen-bond acceptors (Lipinski definition) is 3. The first-order valence-corrected chi connectivity index (χ1v) is 6.27. The molecule has 0 aromatic heterocycles. The van der Waals surface area contributed by atoms with Crippen molar-refractivity contribution in [2.24, 2.45) is 5.73 Å². The third-order valence-corrected chi connectivity index (χ3v) is 2.86. The maximum Gasteiger partial charge on any atom is 0.240 e. The average Bonchev–Trinajstić information content (AvgIpc) is 2.35. The number of carbonyl (C=O) groups excluding carboxylic acids is 2. The van der Waals surface area contributed by atoms with Crippen LogP contribution in [0, 0.1) is 0 Å². The molecule has 1 aromatic carbocycles. The summed E-state index contributed by atoms with van der Waals surface area (Å²) >= 11 is 5.93. The zero-order valence-electron chi connectivity index (χ0n) is 11.0. The lowest BCUT2D eigenvalue weighted by molar-refractivity contribution is -0.126. The number of halogens is 1. The first-order valence-electron chi connectivity index (χ1n) is 5.89. The molecule has 2 amide bonds. The normalized spacial score (nSPS) is 10.9. The van der Waals surface area contributed by atoms with E-state index in [2.05, 4.69) is 10.6 Å². The van der Waals surface area contributed by atoms with Crippen LogP contribution in [0.3, 0.4) is 0 Å². The monoisotopic (exact) mass is 283 g/mol. The van der Waals surface area contributed by atoms with E-state index in [9.17, 15) is 9.59 Å². The Bertz CT molecular complexity index is 475. The minimum absolute atomic E-state index is 0.0972. The average molecular weight is 284 g/mol. The van der Waals surface area contributed by atoms with E-state index >= 15 is 0 Å². The lowest BCUT2D eigenvalue weighted by Crippen LogP contribution is -2.46. The van der Waals surface area contributed by atoms with E-state index in [-0.39, 0.29) is 24.9 Å². The minimum Gasteiger partial charge on any atom is -0.346 e. The van der Waals surface area contributed by atoms with Crippen molar-refractivity contribution in [3.8, 4) is 0 Å². The van der Waals surface area contributed by atoms with Crippen molar-refractivity contribution in [3.63, 3.8) is 0 Å². The van der Waals surface area contributed by atoms with Crippen LogP contribution >= 0.6 is 11.6 Å². The highest BCUT2D eigenvalue weighted by atomic mass is 35.5. The molecule has 0 aliphatic carbocycles. The van der Waals surface area contributed by atoms with Crippen LogP contribution in [0.5, 0.6) is 0 Å². The van der Waals surface area contributed by atoms with Gasteiger partial charge in [0, 0.05) is 5.02 Å². The number of rotatable bonds is 5. The molecular weight excluding hydrogens is 266 g/mol. The molecule has 0 bridgehead atoms. The largest absolute Gasteiger partial charge is 0.346 e. The number of amides is 2. The quantitative estimate of drug-likeness (QED) is 0.746. The van der Waals surface area contributed by atoms with Gasteiger partial charge in [-0.25, -0.2) is 0 Å². The van der Waals surface area contributed by atoms with Crippen molar-refractivity contribution in [2.75, 3.05) is 13.1 Å². The van der Waals surface area contributed by atoms with Gasteiger partial charge in [0.25, 0.3) is 0 Å². The molecule has 1 rings (SSSR count). The van der Waals surface area contributed by atoms with Crippen LogP contribution in [0.15, 0.2) is 24.3 Å². The zero-order chi connectivity index (χ0) is 14.5. The fourth-order valence-corrected chi connectivity index (χ4v) is 1.78. The van der Waals surface area contributed by atoms with E-state index in [0.717, 1.165) is 5.56 Å². The number of benzene rings is 1. The van der Waals surface area contributed by atoms with Crippen LogP contribution in [-0.2, 0) is 15.1 Å². The first-order chi connectivity index (χ1) is 8.85. The van der Waals surface area contributed by atoms with Gasteiger partial charge in [-0.2, -0.15) is 0 Å². The van der Waals surface area contributed by atoms with Gasteiger partial charge in [-0.1, -0.05) is 23.7 Å². The van der Waals surface area contributed by atoms with E-state index in [1.54, 1.807) is 12.1 Å². The maximum atomic E-state index is 11.7. The minimum atomic E-state index is -0.574. The Kier molecular flexibility index (Phi) is 5.32. The van der Waals surface area contributed by atoms with Gasteiger partial charge >= 0.3 is 0 Å². The van der Waals surface area contributed by atoms with Gasteiger partial charge in [0.05, 0.1) is 18.6 Å². The summed E-state index contributed by atoms with van der Waals surface area (Å²) in [6.45, 7) is 3.49. The molecular formula is C13H18ClN3O2. The molecule has 0 atom stereocenters. The van der Waals surface area contributed by atoms with Gasteiger partial charge in [-0.15, -0.1) is 0 Å². The predicted octanol–water partition coefficient (Wildman–Crippen LogP) is 0.766. The molecule has 0 spiro atoms. The van der Waals surface area contributed by atoms with Gasteiger partial charge in [-0.3, -0.25) is 9.59 Å². The van der Waals surface area contributed by atoms with Crippen molar-refractivity contribution in [2.45, 2.75) is 19.4 Å². The van der Waals surface area contributed by atoms with Crippen molar-refractivity contribution >= 4 is 23.4 Å². The molecule has 0 saturated carbocycles. The van der Waals surface area contributed by atoms with Gasteiger partial charge in [0.15, 0.2) is 0 Å². The molecule has 4 N–H and O–H groups in total. The maximum absolute atomic E-state index is 11.7. The van der Waals surface area contributed by atoms with Crippen LogP contribution in [0.2, 0.25) is 5.02 Å². The van der Waals surface area contributed by atoms with E-state index in [0.29, 0.717) is 5.02 Å². The van der Waals surface area contributed by atoms with Gasteiger partial charge < -0.3 is 16.4 Å². The Labute approximate surface area is 117 Å². The molecule has 19 heavy (non-hydrogen) atoms. The van der Waals surface area contributed by atoms with Gasteiger partial charge in [0.2, 0.25) is 11.8 Å². The van der Waals surface area contributed by atoms with E-state index in [1.807, 2.05) is 26.0 Å². The summed E-state index contributed by atoms with van der Waals surface area (Å²) in [5, 5.41) is 5.85. The molecule has 0 saturated heterocycles. The van der Waals surface area contributed by atoms with E-state index in [4.69, 9.17) is 17.3 Å². The van der Waals surface area contributed by atoms with Crippen molar-refractivity contribution in [3.05, 3.63) is 34.9 Å². The Balaban J connectivity index is 2.64. The molecule has 1 aromatic rings. The smallest absolute Gasteiger partial charge is 0.240 e. The number of carbonyl (C=O) groups is 2. The highest BCUT2D eigenvalue weighted by Gasteiger charge is 2.22. The van der Waals surface area contributed by atoms with E-state index in [1.165, 1.54) is 0 Å². The van der Waals surface area contributed by atoms with Crippen LogP contribution in [-0.4, -0.2) is 24.9 Å². The second-order valence-corrected chi connectivity index (χ2v) is 5.10. The molecule has 0 radical (unpaired) electrons. The number of nitrogens with one attached hydrogen (secondary N) is 2. The summed E-state index contributed by atoms with van der Waals surface area (Å²) in [6.07, 6.45) is 0. The summed E-state index contributed by atoms with van der Waals surface area (Å²) in [5.41, 5.74) is 5.45. The first kappa shape index (κ1) is 15.5. The van der Waals surface area contributed by atoms with Crippen LogP contribution in [0.1, 0.15) is 19.4 Å². The number of hydrogen-bond donors (Lipinski definition) is 3. The standard InChI is InChI=1S/C13H18ClN3O2/c1-13(2,9-4-3-5-10(14)6-9)17-12(19)8-16-11(18)7-15/h3-6H,7-8,15H2,1-2H3,(H,16,18)(H,17,19). The summed E-state index contributed by atoms with van der Waals surface area (Å²) in [6, 6.07) is 7.26. The summed E-state index contributed by atoms with van der Waals surface area (Å²) in [4.78, 5) is 22.7. The molecule has 5 nitrogen and oxygen atoms in total. The van der Waals surface area contributed by atoms with Crippen LogP contribution in [0.25, 0.3) is 0 Å². The highest BCUT2D eigenvalue weighted by molar-refractivity contribution is 6.30. The lowest BCUT2D eigenvalue weighted by atomic mass is 9.94. The molecule has 104 valence electrons. The Hall–Kier alpha value is -1.59. The SMILES string of the molecule is CC(C)(NC(=O)CNC(=O)CN)c1cccc(Cl)c1.